The van der Waals surface area contributed by atoms with Crippen molar-refractivity contribution in [2.45, 2.75) is 28.4 Å². The zero-order valence-electron chi connectivity index (χ0n) is 11.8. The highest BCUT2D eigenvalue weighted by Crippen LogP contribution is 2.41. The SMILES string of the molecule is O=C(OC1(c2ccc(Cl)c(C(F)(F)F)c2)CC[NH2+]CC1)C(Br)Br. The molecule has 0 saturated carbocycles. The van der Waals surface area contributed by atoms with Crippen LogP contribution in [0.25, 0.3) is 0 Å². The van der Waals surface area contributed by atoms with Gasteiger partial charge >= 0.3 is 12.1 Å². The number of halogens is 6. The topological polar surface area (TPSA) is 42.9 Å². The van der Waals surface area contributed by atoms with E-state index in [-0.39, 0.29) is 5.02 Å². The number of alkyl halides is 5. The molecule has 1 heterocycles. The molecule has 0 aliphatic carbocycles. The minimum atomic E-state index is -4.56. The Kier molecular flexibility index (Phi) is 6.03. The third kappa shape index (κ3) is 4.41. The second-order valence-electron chi connectivity index (χ2n) is 5.27. The smallest absolute Gasteiger partial charge is 0.417 e. The Hall–Kier alpha value is -0.310. The molecule has 0 radical (unpaired) electrons. The molecule has 0 amide bonds. The summed E-state index contributed by atoms with van der Waals surface area (Å²) in [5.74, 6) is -0.574. The summed E-state index contributed by atoms with van der Waals surface area (Å²) >= 11 is 11.8. The number of rotatable bonds is 3. The van der Waals surface area contributed by atoms with Crippen LogP contribution in [0.4, 0.5) is 13.2 Å². The molecule has 128 valence electrons. The van der Waals surface area contributed by atoms with E-state index >= 15 is 0 Å². The molecule has 2 rings (SSSR count). The van der Waals surface area contributed by atoms with E-state index in [2.05, 4.69) is 31.9 Å². The van der Waals surface area contributed by atoms with Gasteiger partial charge in [0.25, 0.3) is 0 Å². The van der Waals surface area contributed by atoms with E-state index in [1.807, 2.05) is 5.32 Å². The highest BCUT2D eigenvalue weighted by atomic mass is 79.9. The summed E-state index contributed by atoms with van der Waals surface area (Å²) in [6, 6.07) is 3.68. The van der Waals surface area contributed by atoms with Gasteiger partial charge in [0.05, 0.1) is 23.7 Å². The standard InChI is InChI=1S/C14H13Br2ClF3NO2/c15-11(16)12(22)23-13(3-5-21-6-4-13)8-1-2-10(17)9(7-8)14(18,19)20/h1-2,7,11,21H,3-6H2/p+1. The second kappa shape index (κ2) is 7.29. The number of piperidine rings is 1. The van der Waals surface area contributed by atoms with Gasteiger partial charge in [-0.05, 0) is 17.7 Å². The molecule has 1 aromatic rings. The van der Waals surface area contributed by atoms with Crippen molar-refractivity contribution in [3.63, 3.8) is 0 Å². The molecule has 1 aromatic carbocycles. The van der Waals surface area contributed by atoms with E-state index < -0.39 is 27.0 Å². The van der Waals surface area contributed by atoms with Crippen LogP contribution in [0.1, 0.15) is 24.0 Å². The fourth-order valence-corrected chi connectivity index (χ4v) is 3.06. The molecule has 2 N–H and O–H groups in total. The normalized spacial score (nSPS) is 18.0. The number of esters is 1. The quantitative estimate of drug-likeness (QED) is 0.531. The lowest BCUT2D eigenvalue weighted by atomic mass is 9.84. The Balaban J connectivity index is 2.46. The lowest BCUT2D eigenvalue weighted by Gasteiger charge is -2.36. The van der Waals surface area contributed by atoms with Crippen molar-refractivity contribution in [1.29, 1.82) is 0 Å². The van der Waals surface area contributed by atoms with Crippen LogP contribution in [0, 0.1) is 0 Å². The van der Waals surface area contributed by atoms with E-state index in [0.29, 0.717) is 31.5 Å². The summed E-state index contributed by atoms with van der Waals surface area (Å²) in [6.45, 7) is 1.32. The molecule has 23 heavy (non-hydrogen) atoms. The average molecular weight is 481 g/mol. The van der Waals surface area contributed by atoms with Crippen LogP contribution in [0.3, 0.4) is 0 Å². The van der Waals surface area contributed by atoms with Crippen LogP contribution in [0.5, 0.6) is 0 Å². The van der Waals surface area contributed by atoms with Crippen LogP contribution in [-0.4, -0.2) is 22.8 Å². The molecular formula is C14H14Br2ClF3NO2+. The minimum Gasteiger partial charge on any atom is -0.452 e. The Morgan fingerprint density at radius 1 is 1.30 bits per heavy atom. The Labute approximate surface area is 153 Å². The summed E-state index contributed by atoms with van der Waals surface area (Å²) in [5, 5.41) is 1.66. The van der Waals surface area contributed by atoms with Gasteiger partial charge in [-0.25, -0.2) is 4.79 Å². The van der Waals surface area contributed by atoms with Crippen molar-refractivity contribution in [2.24, 2.45) is 0 Å². The highest BCUT2D eigenvalue weighted by Gasteiger charge is 2.42. The maximum Gasteiger partial charge on any atom is 0.417 e. The van der Waals surface area contributed by atoms with Gasteiger partial charge in [-0.1, -0.05) is 49.5 Å². The first-order valence-electron chi connectivity index (χ1n) is 6.86. The van der Waals surface area contributed by atoms with Gasteiger partial charge in [-0.15, -0.1) is 0 Å². The molecule has 0 aromatic heterocycles. The monoisotopic (exact) mass is 478 g/mol. The van der Waals surface area contributed by atoms with E-state index in [1.165, 1.54) is 12.1 Å². The van der Waals surface area contributed by atoms with Crippen molar-refractivity contribution in [3.05, 3.63) is 34.3 Å². The highest BCUT2D eigenvalue weighted by molar-refractivity contribution is 9.25. The lowest BCUT2D eigenvalue weighted by Crippen LogP contribution is -2.87. The van der Waals surface area contributed by atoms with Gasteiger partial charge in [-0.3, -0.25) is 0 Å². The Morgan fingerprint density at radius 3 is 2.43 bits per heavy atom. The maximum atomic E-state index is 13.1. The number of benzene rings is 1. The third-order valence-electron chi connectivity index (χ3n) is 3.78. The van der Waals surface area contributed by atoms with Crippen LogP contribution in [0.15, 0.2) is 18.2 Å². The van der Waals surface area contributed by atoms with Crippen molar-refractivity contribution >= 4 is 49.4 Å². The second-order valence-corrected chi connectivity index (χ2v) is 8.74. The first kappa shape index (κ1) is 19.0. The van der Waals surface area contributed by atoms with Crippen molar-refractivity contribution in [2.75, 3.05) is 13.1 Å². The van der Waals surface area contributed by atoms with Crippen LogP contribution in [-0.2, 0) is 21.3 Å². The summed E-state index contributed by atoms with van der Waals surface area (Å²) in [5.41, 5.74) is -1.68. The van der Waals surface area contributed by atoms with Crippen molar-refractivity contribution in [3.8, 4) is 0 Å². The van der Waals surface area contributed by atoms with E-state index in [0.717, 1.165) is 6.07 Å². The van der Waals surface area contributed by atoms with Gasteiger partial charge in [0.2, 0.25) is 0 Å². The number of carbonyl (C=O) groups excluding carboxylic acids is 1. The first-order chi connectivity index (χ1) is 10.7. The van der Waals surface area contributed by atoms with Crippen LogP contribution < -0.4 is 5.32 Å². The molecule has 9 heteroatoms. The van der Waals surface area contributed by atoms with E-state index in [1.54, 1.807) is 0 Å². The fraction of sp³-hybridized carbons (Fsp3) is 0.500. The van der Waals surface area contributed by atoms with Gasteiger partial charge in [-0.2, -0.15) is 13.2 Å². The molecular weight excluding hydrogens is 466 g/mol. The number of ether oxygens (including phenoxy) is 1. The number of carbonyl (C=O) groups is 1. The maximum absolute atomic E-state index is 13.1. The lowest BCUT2D eigenvalue weighted by molar-refractivity contribution is -0.668. The molecule has 1 aliphatic heterocycles. The van der Waals surface area contributed by atoms with Crippen LogP contribution in [0.2, 0.25) is 5.02 Å². The number of hydrogen-bond acceptors (Lipinski definition) is 2. The Bertz CT molecular complexity index is 590. The van der Waals surface area contributed by atoms with Gasteiger partial charge < -0.3 is 10.1 Å². The molecule has 1 fully saturated rings. The average Bonchev–Trinajstić information content (AvgIpc) is 2.47. The number of hydrogen-bond donors (Lipinski definition) is 1. The van der Waals surface area contributed by atoms with E-state index in [4.69, 9.17) is 16.3 Å². The summed E-state index contributed by atoms with van der Waals surface area (Å²) in [6.07, 6.45) is -3.69. The van der Waals surface area contributed by atoms with Crippen molar-refractivity contribution < 1.29 is 28.0 Å². The summed E-state index contributed by atoms with van der Waals surface area (Å²) in [4.78, 5) is 12.0. The molecule has 0 spiro atoms. The molecule has 0 bridgehead atoms. The van der Waals surface area contributed by atoms with Gasteiger partial charge in [0.15, 0.2) is 3.74 Å². The third-order valence-corrected chi connectivity index (χ3v) is 4.85. The first-order valence-corrected chi connectivity index (χ1v) is 9.06. The molecule has 1 aliphatic rings. The van der Waals surface area contributed by atoms with Gasteiger partial charge in [0, 0.05) is 12.8 Å². The number of nitrogens with two attached hydrogens (primary N) is 1. The zero-order valence-corrected chi connectivity index (χ0v) is 15.7. The predicted molar refractivity (Wildman–Crippen MR) is 86.8 cm³/mol. The van der Waals surface area contributed by atoms with E-state index in [9.17, 15) is 18.0 Å². The van der Waals surface area contributed by atoms with Gasteiger partial charge in [0.1, 0.15) is 5.60 Å². The van der Waals surface area contributed by atoms with Crippen molar-refractivity contribution in [1.82, 2.24) is 0 Å². The Morgan fingerprint density at radius 2 is 1.91 bits per heavy atom. The van der Waals surface area contributed by atoms with Crippen LogP contribution >= 0.6 is 43.5 Å². The molecule has 1 saturated heterocycles. The number of quaternary nitrogens is 1. The largest absolute Gasteiger partial charge is 0.452 e. The fourth-order valence-electron chi connectivity index (χ4n) is 2.65. The zero-order chi connectivity index (χ0) is 17.3. The molecule has 3 nitrogen and oxygen atoms in total. The summed E-state index contributed by atoms with van der Waals surface area (Å²) in [7, 11) is 0. The molecule has 0 atom stereocenters. The predicted octanol–water partition coefficient (Wildman–Crippen LogP) is 3.57. The minimum absolute atomic E-state index is 0.316. The summed E-state index contributed by atoms with van der Waals surface area (Å²) < 4.78 is 44.1. The molecule has 0 unspecified atom stereocenters.